The standard InChI is InChI=1S/C20H26N2O/c1-20(2,3)14-18(16-9-5-4-6-10-16)22-19(23)13-15-8-7-11-17(21)12-15/h4-12,18H,13-14,21H2,1-3H3,(H,22,23). The lowest BCUT2D eigenvalue weighted by atomic mass is 9.85. The van der Waals surface area contributed by atoms with Crippen molar-refractivity contribution < 1.29 is 4.79 Å². The molecule has 23 heavy (non-hydrogen) atoms. The summed E-state index contributed by atoms with van der Waals surface area (Å²) in [6.07, 6.45) is 1.23. The summed E-state index contributed by atoms with van der Waals surface area (Å²) in [5.41, 5.74) is 8.67. The van der Waals surface area contributed by atoms with Crippen molar-refractivity contribution in [2.75, 3.05) is 5.73 Å². The normalized spacial score (nSPS) is 12.7. The summed E-state index contributed by atoms with van der Waals surface area (Å²) in [5, 5.41) is 3.18. The minimum Gasteiger partial charge on any atom is -0.399 e. The predicted octanol–water partition coefficient (Wildman–Crippen LogP) is 4.11. The number of nitrogen functional groups attached to an aromatic ring is 1. The van der Waals surface area contributed by atoms with E-state index >= 15 is 0 Å². The summed E-state index contributed by atoms with van der Waals surface area (Å²) in [6.45, 7) is 6.56. The number of carbonyl (C=O) groups excluding carboxylic acids is 1. The highest BCUT2D eigenvalue weighted by Crippen LogP contribution is 2.29. The smallest absolute Gasteiger partial charge is 0.224 e. The molecule has 2 rings (SSSR count). The van der Waals surface area contributed by atoms with Gasteiger partial charge in [0, 0.05) is 5.69 Å². The molecule has 122 valence electrons. The summed E-state index contributed by atoms with van der Waals surface area (Å²) in [5.74, 6) is 0.0219. The van der Waals surface area contributed by atoms with Crippen LogP contribution in [0.4, 0.5) is 5.69 Å². The van der Waals surface area contributed by atoms with Crippen molar-refractivity contribution in [2.24, 2.45) is 5.41 Å². The molecule has 0 heterocycles. The number of nitrogens with two attached hydrogens (primary N) is 1. The zero-order valence-corrected chi connectivity index (χ0v) is 14.2. The van der Waals surface area contributed by atoms with Gasteiger partial charge in [0.25, 0.3) is 0 Å². The zero-order chi connectivity index (χ0) is 16.9. The average molecular weight is 310 g/mol. The SMILES string of the molecule is CC(C)(C)CC(NC(=O)Cc1cccc(N)c1)c1ccccc1. The maximum absolute atomic E-state index is 12.4. The molecule has 0 aliphatic carbocycles. The molecule has 0 saturated heterocycles. The largest absolute Gasteiger partial charge is 0.399 e. The highest BCUT2D eigenvalue weighted by atomic mass is 16.1. The second-order valence-corrected chi connectivity index (χ2v) is 7.22. The van der Waals surface area contributed by atoms with Gasteiger partial charge in [0.15, 0.2) is 0 Å². The van der Waals surface area contributed by atoms with Crippen LogP contribution in [0.5, 0.6) is 0 Å². The molecule has 0 spiro atoms. The molecule has 0 fully saturated rings. The summed E-state index contributed by atoms with van der Waals surface area (Å²) in [4.78, 5) is 12.4. The molecule has 0 aromatic heterocycles. The molecule has 2 aromatic carbocycles. The molecular weight excluding hydrogens is 284 g/mol. The Morgan fingerprint density at radius 3 is 2.39 bits per heavy atom. The summed E-state index contributed by atoms with van der Waals surface area (Å²) >= 11 is 0. The number of hydrogen-bond acceptors (Lipinski definition) is 2. The number of rotatable bonds is 5. The van der Waals surface area contributed by atoms with E-state index in [-0.39, 0.29) is 17.4 Å². The second kappa shape index (κ2) is 7.32. The Kier molecular flexibility index (Phi) is 5.43. The van der Waals surface area contributed by atoms with Crippen LogP contribution >= 0.6 is 0 Å². The van der Waals surface area contributed by atoms with Gasteiger partial charge < -0.3 is 11.1 Å². The van der Waals surface area contributed by atoms with E-state index in [0.717, 1.165) is 17.5 Å². The van der Waals surface area contributed by atoms with Gasteiger partial charge in [-0.05, 0) is 35.1 Å². The fourth-order valence-electron chi connectivity index (χ4n) is 2.68. The number of carbonyl (C=O) groups is 1. The molecule has 1 atom stereocenters. The van der Waals surface area contributed by atoms with Crippen molar-refractivity contribution in [1.29, 1.82) is 0 Å². The summed E-state index contributed by atoms with van der Waals surface area (Å²) in [7, 11) is 0. The monoisotopic (exact) mass is 310 g/mol. The van der Waals surface area contributed by atoms with Crippen LogP contribution in [0, 0.1) is 5.41 Å². The van der Waals surface area contributed by atoms with Gasteiger partial charge in [0.1, 0.15) is 0 Å². The van der Waals surface area contributed by atoms with Crippen molar-refractivity contribution in [1.82, 2.24) is 5.32 Å². The molecule has 3 N–H and O–H groups in total. The fraction of sp³-hybridized carbons (Fsp3) is 0.350. The molecule has 3 heteroatoms. The van der Waals surface area contributed by atoms with Crippen molar-refractivity contribution in [3.05, 3.63) is 65.7 Å². The Hall–Kier alpha value is -2.29. The molecule has 0 aliphatic rings. The maximum Gasteiger partial charge on any atom is 0.224 e. The van der Waals surface area contributed by atoms with Crippen molar-refractivity contribution >= 4 is 11.6 Å². The first-order valence-corrected chi connectivity index (χ1v) is 8.02. The highest BCUT2D eigenvalue weighted by molar-refractivity contribution is 5.79. The molecule has 2 aromatic rings. The number of benzene rings is 2. The first-order valence-electron chi connectivity index (χ1n) is 8.02. The predicted molar refractivity (Wildman–Crippen MR) is 96.0 cm³/mol. The van der Waals surface area contributed by atoms with E-state index in [1.807, 2.05) is 42.5 Å². The first kappa shape index (κ1) is 17.1. The quantitative estimate of drug-likeness (QED) is 0.817. The zero-order valence-electron chi connectivity index (χ0n) is 14.2. The third-order valence-corrected chi connectivity index (χ3v) is 3.67. The lowest BCUT2D eigenvalue weighted by Gasteiger charge is -2.27. The van der Waals surface area contributed by atoms with Crippen LogP contribution in [0.25, 0.3) is 0 Å². The Balaban J connectivity index is 2.09. The van der Waals surface area contributed by atoms with Gasteiger partial charge in [-0.3, -0.25) is 4.79 Å². The first-order chi connectivity index (χ1) is 10.8. The van der Waals surface area contributed by atoms with Gasteiger partial charge in [0.2, 0.25) is 5.91 Å². The molecule has 1 unspecified atom stereocenters. The van der Waals surface area contributed by atoms with Crippen molar-refractivity contribution in [3.8, 4) is 0 Å². The van der Waals surface area contributed by atoms with Gasteiger partial charge in [-0.25, -0.2) is 0 Å². The fourth-order valence-corrected chi connectivity index (χ4v) is 2.68. The molecule has 1 amide bonds. The van der Waals surface area contributed by atoms with E-state index in [1.165, 1.54) is 0 Å². The third-order valence-electron chi connectivity index (χ3n) is 3.67. The van der Waals surface area contributed by atoms with Gasteiger partial charge in [-0.2, -0.15) is 0 Å². The Morgan fingerprint density at radius 1 is 1.09 bits per heavy atom. The van der Waals surface area contributed by atoms with E-state index in [1.54, 1.807) is 0 Å². The van der Waals surface area contributed by atoms with Crippen LogP contribution in [0.1, 0.15) is 44.4 Å². The average Bonchev–Trinajstić information content (AvgIpc) is 2.46. The lowest BCUT2D eigenvalue weighted by molar-refractivity contribution is -0.121. The van der Waals surface area contributed by atoms with Crippen LogP contribution < -0.4 is 11.1 Å². The van der Waals surface area contributed by atoms with Gasteiger partial charge in [-0.1, -0.05) is 63.2 Å². The summed E-state index contributed by atoms with van der Waals surface area (Å²) in [6, 6.07) is 17.6. The molecule has 0 radical (unpaired) electrons. The number of anilines is 1. The molecule has 0 saturated carbocycles. The second-order valence-electron chi connectivity index (χ2n) is 7.22. The Labute approximate surface area is 138 Å². The van der Waals surface area contributed by atoms with E-state index in [2.05, 4.69) is 38.2 Å². The summed E-state index contributed by atoms with van der Waals surface area (Å²) < 4.78 is 0. The minimum absolute atomic E-state index is 0.0183. The topological polar surface area (TPSA) is 55.1 Å². The van der Waals surface area contributed by atoms with E-state index in [4.69, 9.17) is 5.73 Å². The number of nitrogens with one attached hydrogen (secondary N) is 1. The van der Waals surface area contributed by atoms with Crippen LogP contribution in [-0.4, -0.2) is 5.91 Å². The number of amides is 1. The third kappa shape index (κ3) is 5.78. The molecular formula is C20H26N2O. The number of hydrogen-bond donors (Lipinski definition) is 2. The van der Waals surface area contributed by atoms with Crippen LogP contribution in [0.3, 0.4) is 0 Å². The molecule has 3 nitrogen and oxygen atoms in total. The lowest BCUT2D eigenvalue weighted by Crippen LogP contribution is -2.32. The minimum atomic E-state index is 0.0183. The van der Waals surface area contributed by atoms with E-state index in [0.29, 0.717) is 12.1 Å². The van der Waals surface area contributed by atoms with Gasteiger partial charge in [0.05, 0.1) is 12.5 Å². The highest BCUT2D eigenvalue weighted by Gasteiger charge is 2.21. The van der Waals surface area contributed by atoms with E-state index < -0.39 is 0 Å². The van der Waals surface area contributed by atoms with Crippen molar-refractivity contribution in [2.45, 2.75) is 39.7 Å². The molecule has 0 bridgehead atoms. The van der Waals surface area contributed by atoms with E-state index in [9.17, 15) is 4.79 Å². The maximum atomic E-state index is 12.4. The Bertz CT molecular complexity index is 644. The Morgan fingerprint density at radius 2 is 1.78 bits per heavy atom. The van der Waals surface area contributed by atoms with Gasteiger partial charge in [-0.15, -0.1) is 0 Å². The van der Waals surface area contributed by atoms with Gasteiger partial charge >= 0.3 is 0 Å². The van der Waals surface area contributed by atoms with Crippen molar-refractivity contribution in [3.63, 3.8) is 0 Å². The van der Waals surface area contributed by atoms with Crippen LogP contribution in [-0.2, 0) is 11.2 Å². The molecule has 0 aliphatic heterocycles. The van der Waals surface area contributed by atoms with Crippen LogP contribution in [0.2, 0.25) is 0 Å². The van der Waals surface area contributed by atoms with Crippen LogP contribution in [0.15, 0.2) is 54.6 Å².